The molecule has 0 radical (unpaired) electrons. The van der Waals surface area contributed by atoms with Crippen LogP contribution in [0.5, 0.6) is 5.75 Å². The van der Waals surface area contributed by atoms with Gasteiger partial charge in [-0.25, -0.2) is 13.2 Å². The highest BCUT2D eigenvalue weighted by atomic mass is 32.2. The summed E-state index contributed by atoms with van der Waals surface area (Å²) in [7, 11) is -1.18. The highest BCUT2D eigenvalue weighted by Crippen LogP contribution is 2.27. The summed E-state index contributed by atoms with van der Waals surface area (Å²) in [4.78, 5) is 11.6. The molecule has 0 spiro atoms. The number of methoxy groups -OCH3 is 2. The number of sulfonamides is 1. The van der Waals surface area contributed by atoms with Gasteiger partial charge in [-0.05, 0) is 36.8 Å². The molecular formula is C16H17NO5S. The van der Waals surface area contributed by atoms with Crippen LogP contribution >= 0.6 is 0 Å². The van der Waals surface area contributed by atoms with E-state index in [1.807, 2.05) is 0 Å². The molecule has 0 amide bonds. The third-order valence-corrected chi connectivity index (χ3v) is 4.76. The van der Waals surface area contributed by atoms with E-state index in [1.54, 1.807) is 37.3 Å². The molecule has 0 aromatic heterocycles. The van der Waals surface area contributed by atoms with Crippen LogP contribution in [0.1, 0.15) is 15.9 Å². The van der Waals surface area contributed by atoms with Gasteiger partial charge >= 0.3 is 5.97 Å². The van der Waals surface area contributed by atoms with Gasteiger partial charge in [-0.15, -0.1) is 0 Å². The lowest BCUT2D eigenvalue weighted by atomic mass is 10.1. The molecule has 23 heavy (non-hydrogen) atoms. The predicted molar refractivity (Wildman–Crippen MR) is 86.3 cm³/mol. The summed E-state index contributed by atoms with van der Waals surface area (Å²) in [6, 6.07) is 11.0. The molecule has 6 nitrogen and oxygen atoms in total. The van der Waals surface area contributed by atoms with E-state index < -0.39 is 16.0 Å². The van der Waals surface area contributed by atoms with Crippen LogP contribution < -0.4 is 9.46 Å². The Hall–Kier alpha value is -2.54. The maximum Gasteiger partial charge on any atom is 0.337 e. The van der Waals surface area contributed by atoms with Crippen molar-refractivity contribution in [1.29, 1.82) is 0 Å². The van der Waals surface area contributed by atoms with Gasteiger partial charge in [0.05, 0.1) is 30.4 Å². The van der Waals surface area contributed by atoms with E-state index in [1.165, 1.54) is 26.4 Å². The number of aryl methyl sites for hydroxylation is 1. The van der Waals surface area contributed by atoms with Gasteiger partial charge in [-0.3, -0.25) is 4.72 Å². The summed E-state index contributed by atoms with van der Waals surface area (Å²) in [5.74, 6) is -0.198. The first kappa shape index (κ1) is 16.8. The number of ether oxygens (including phenoxy) is 2. The van der Waals surface area contributed by atoms with Gasteiger partial charge in [0, 0.05) is 0 Å². The summed E-state index contributed by atoms with van der Waals surface area (Å²) < 4.78 is 37.5. The topological polar surface area (TPSA) is 81.7 Å². The van der Waals surface area contributed by atoms with Crippen molar-refractivity contribution in [3.05, 3.63) is 53.6 Å². The molecule has 0 aliphatic heterocycles. The van der Waals surface area contributed by atoms with Crippen molar-refractivity contribution in [2.75, 3.05) is 18.9 Å². The fraction of sp³-hybridized carbons (Fsp3) is 0.188. The first-order valence-corrected chi connectivity index (χ1v) is 8.22. The second-order valence-electron chi connectivity index (χ2n) is 4.78. The Morgan fingerprint density at radius 2 is 1.78 bits per heavy atom. The number of anilines is 1. The third-order valence-electron chi connectivity index (χ3n) is 3.25. The summed E-state index contributed by atoms with van der Waals surface area (Å²) >= 11 is 0. The van der Waals surface area contributed by atoms with Crippen molar-refractivity contribution in [2.45, 2.75) is 11.8 Å². The lowest BCUT2D eigenvalue weighted by Gasteiger charge is -2.13. The van der Waals surface area contributed by atoms with Gasteiger partial charge in [-0.1, -0.05) is 18.2 Å². The lowest BCUT2D eigenvalue weighted by Crippen LogP contribution is -2.16. The van der Waals surface area contributed by atoms with E-state index in [4.69, 9.17) is 4.74 Å². The molecule has 2 rings (SSSR count). The van der Waals surface area contributed by atoms with E-state index in [0.29, 0.717) is 17.0 Å². The largest absolute Gasteiger partial charge is 0.495 e. The van der Waals surface area contributed by atoms with E-state index >= 15 is 0 Å². The lowest BCUT2D eigenvalue weighted by molar-refractivity contribution is 0.0600. The predicted octanol–water partition coefficient (Wildman–Crippen LogP) is 2.59. The number of benzene rings is 2. The van der Waals surface area contributed by atoms with Crippen LogP contribution in [0.3, 0.4) is 0 Å². The van der Waals surface area contributed by atoms with Crippen LogP contribution in [0.15, 0.2) is 47.4 Å². The number of hydrogen-bond donors (Lipinski definition) is 1. The van der Waals surface area contributed by atoms with Crippen molar-refractivity contribution in [3.8, 4) is 5.75 Å². The Kier molecular flexibility index (Phi) is 4.90. The Bertz CT molecular complexity index is 830. The van der Waals surface area contributed by atoms with Crippen molar-refractivity contribution in [2.24, 2.45) is 0 Å². The van der Waals surface area contributed by atoms with Crippen LogP contribution in [0.2, 0.25) is 0 Å². The molecule has 0 saturated carbocycles. The zero-order valence-electron chi connectivity index (χ0n) is 13.0. The zero-order valence-corrected chi connectivity index (χ0v) is 13.8. The molecule has 122 valence electrons. The molecular weight excluding hydrogens is 318 g/mol. The smallest absolute Gasteiger partial charge is 0.337 e. The number of carbonyl (C=O) groups excluding carboxylic acids is 1. The molecule has 2 aromatic rings. The molecule has 0 atom stereocenters. The molecule has 2 aromatic carbocycles. The van der Waals surface area contributed by atoms with E-state index in [-0.39, 0.29) is 10.5 Å². The SMILES string of the molecule is COC(=O)c1ccc(C)c(S(=O)(=O)Nc2ccccc2OC)c1. The van der Waals surface area contributed by atoms with E-state index in [0.717, 1.165) is 0 Å². The second-order valence-corrected chi connectivity index (χ2v) is 6.43. The number of rotatable bonds is 5. The number of para-hydroxylation sites is 2. The number of hydrogen-bond acceptors (Lipinski definition) is 5. The Morgan fingerprint density at radius 3 is 2.43 bits per heavy atom. The highest BCUT2D eigenvalue weighted by molar-refractivity contribution is 7.92. The average Bonchev–Trinajstić information content (AvgIpc) is 2.54. The maximum absolute atomic E-state index is 12.6. The normalized spacial score (nSPS) is 10.9. The maximum atomic E-state index is 12.6. The highest BCUT2D eigenvalue weighted by Gasteiger charge is 2.20. The summed E-state index contributed by atoms with van der Waals surface area (Å²) in [5.41, 5.74) is 0.997. The van der Waals surface area contributed by atoms with E-state index in [2.05, 4.69) is 9.46 Å². The first-order chi connectivity index (χ1) is 10.9. The van der Waals surface area contributed by atoms with Gasteiger partial charge in [0.2, 0.25) is 0 Å². The molecule has 0 aliphatic rings. The van der Waals surface area contributed by atoms with Crippen LogP contribution in [0, 0.1) is 6.92 Å². The average molecular weight is 335 g/mol. The molecule has 0 bridgehead atoms. The van der Waals surface area contributed by atoms with Crippen LogP contribution in [-0.4, -0.2) is 28.6 Å². The third kappa shape index (κ3) is 3.62. The van der Waals surface area contributed by atoms with Crippen LogP contribution in [0.4, 0.5) is 5.69 Å². The zero-order chi connectivity index (χ0) is 17.0. The molecule has 7 heteroatoms. The monoisotopic (exact) mass is 335 g/mol. The quantitative estimate of drug-likeness (QED) is 0.849. The number of esters is 1. The van der Waals surface area contributed by atoms with Gasteiger partial charge in [-0.2, -0.15) is 0 Å². The van der Waals surface area contributed by atoms with Crippen LogP contribution in [0.25, 0.3) is 0 Å². The van der Waals surface area contributed by atoms with E-state index in [9.17, 15) is 13.2 Å². The van der Waals surface area contributed by atoms with Crippen LogP contribution in [-0.2, 0) is 14.8 Å². The Labute approximate surface area is 135 Å². The van der Waals surface area contributed by atoms with Crippen molar-refractivity contribution >= 4 is 21.7 Å². The van der Waals surface area contributed by atoms with Crippen molar-refractivity contribution in [1.82, 2.24) is 0 Å². The van der Waals surface area contributed by atoms with Crippen molar-refractivity contribution in [3.63, 3.8) is 0 Å². The molecule has 0 fully saturated rings. The summed E-state index contributed by atoms with van der Waals surface area (Å²) in [5, 5.41) is 0. The fourth-order valence-corrected chi connectivity index (χ4v) is 3.41. The molecule has 0 saturated heterocycles. The minimum absolute atomic E-state index is 0.00584. The minimum atomic E-state index is -3.88. The first-order valence-electron chi connectivity index (χ1n) is 6.74. The van der Waals surface area contributed by atoms with Gasteiger partial charge in [0.1, 0.15) is 5.75 Å². The van der Waals surface area contributed by atoms with Crippen molar-refractivity contribution < 1.29 is 22.7 Å². The Balaban J connectivity index is 2.45. The van der Waals surface area contributed by atoms with Gasteiger partial charge in [0.15, 0.2) is 0 Å². The summed E-state index contributed by atoms with van der Waals surface area (Å²) in [6.45, 7) is 1.65. The van der Waals surface area contributed by atoms with Gasteiger partial charge < -0.3 is 9.47 Å². The molecule has 0 aliphatic carbocycles. The number of carbonyl (C=O) groups is 1. The standard InChI is InChI=1S/C16H17NO5S/c1-11-8-9-12(16(18)22-3)10-15(11)23(19,20)17-13-6-4-5-7-14(13)21-2/h4-10,17H,1-3H3. The second kappa shape index (κ2) is 6.70. The molecule has 0 heterocycles. The molecule has 0 unspecified atom stereocenters. The summed E-state index contributed by atoms with van der Waals surface area (Å²) in [6.07, 6.45) is 0. The Morgan fingerprint density at radius 1 is 1.09 bits per heavy atom. The van der Waals surface area contributed by atoms with Gasteiger partial charge in [0.25, 0.3) is 10.0 Å². The fourth-order valence-electron chi connectivity index (χ4n) is 2.06. The number of nitrogens with one attached hydrogen (secondary N) is 1. The minimum Gasteiger partial charge on any atom is -0.495 e. The molecule has 1 N–H and O–H groups in total.